The lowest BCUT2D eigenvalue weighted by Crippen LogP contribution is -2.50. The smallest absolute Gasteiger partial charge is 0.321 e. The quantitative estimate of drug-likeness (QED) is 0.204. The van der Waals surface area contributed by atoms with Crippen molar-refractivity contribution in [3.63, 3.8) is 0 Å². The first-order valence-electron chi connectivity index (χ1n) is 14.2. The third-order valence-corrected chi connectivity index (χ3v) is 9.52. The summed E-state index contributed by atoms with van der Waals surface area (Å²) >= 11 is 3.35. The highest BCUT2D eigenvalue weighted by Gasteiger charge is 2.46. The van der Waals surface area contributed by atoms with Gasteiger partial charge in [-0.3, -0.25) is 0 Å². The normalized spacial score (nSPS) is 20.9. The molecule has 0 aromatic heterocycles. The monoisotopic (exact) mass is 598 g/mol. The molecule has 7 heteroatoms. The van der Waals surface area contributed by atoms with Gasteiger partial charge in [-0.25, -0.2) is 4.79 Å². The van der Waals surface area contributed by atoms with Crippen LogP contribution in [0.25, 0.3) is 0 Å². The van der Waals surface area contributed by atoms with Crippen LogP contribution < -0.4 is 0 Å². The molecule has 4 aromatic rings. The van der Waals surface area contributed by atoms with Gasteiger partial charge in [-0.1, -0.05) is 84.9 Å². The van der Waals surface area contributed by atoms with Crippen molar-refractivity contribution in [2.45, 2.75) is 60.0 Å². The average molecular weight is 599 g/mol. The zero-order valence-corrected chi connectivity index (χ0v) is 25.7. The van der Waals surface area contributed by atoms with Crippen molar-refractivity contribution in [3.05, 3.63) is 131 Å². The number of hydrogen-bond acceptors (Lipinski definition) is 5. The lowest BCUT2D eigenvalue weighted by atomic mass is 9.91. The summed E-state index contributed by atoms with van der Waals surface area (Å²) in [6.45, 7) is 0.662. The molecule has 0 saturated carbocycles. The van der Waals surface area contributed by atoms with Gasteiger partial charge in [0.15, 0.2) is 0 Å². The van der Waals surface area contributed by atoms with Gasteiger partial charge in [-0.2, -0.15) is 0 Å². The first kappa shape index (κ1) is 30.2. The van der Waals surface area contributed by atoms with Gasteiger partial charge in [0.25, 0.3) is 0 Å². The molecular weight excluding hydrogens is 561 g/mol. The molecule has 4 aromatic carbocycles. The van der Waals surface area contributed by atoms with Crippen molar-refractivity contribution in [2.24, 2.45) is 0 Å². The maximum atomic E-state index is 14.7. The molecule has 0 bridgehead atoms. The molecule has 1 heterocycles. The molecule has 0 aliphatic carbocycles. The maximum Gasteiger partial charge on any atom is 0.321 e. The zero-order valence-electron chi connectivity index (χ0n) is 24.0. The number of carbonyl (C=O) groups excluding carboxylic acids is 1. The van der Waals surface area contributed by atoms with Gasteiger partial charge in [0.05, 0.1) is 12.1 Å². The summed E-state index contributed by atoms with van der Waals surface area (Å²) < 4.78 is 0. The molecule has 5 rings (SSSR count). The standard InChI is InChI=1S/C35H38N2O3S2/c1-41-29-17-13-25(14-18-29)21-31-33(38)34(39)32(22-26-15-19-30(42-2)20-16-26)37(24-28-11-7-4-8-12-28)35(40)36(31)23-27-9-5-3-6-10-27/h3-20,31-34,38-39H,21-24H2,1-2H3/t31-,32-,33+,34+/m1/s1. The van der Waals surface area contributed by atoms with Gasteiger partial charge in [-0.15, -0.1) is 23.5 Å². The van der Waals surface area contributed by atoms with Crippen LogP contribution in [0, 0.1) is 0 Å². The Morgan fingerprint density at radius 2 is 0.905 bits per heavy atom. The van der Waals surface area contributed by atoms with Crippen LogP contribution in [0.1, 0.15) is 22.3 Å². The number of nitrogens with zero attached hydrogens (tertiary/aromatic N) is 2. The Morgan fingerprint density at radius 1 is 0.548 bits per heavy atom. The summed E-state index contributed by atoms with van der Waals surface area (Å²) in [4.78, 5) is 20.5. The molecule has 1 fully saturated rings. The molecule has 0 radical (unpaired) electrons. The second-order valence-corrected chi connectivity index (χ2v) is 12.5. The molecule has 0 unspecified atom stereocenters. The second kappa shape index (κ2) is 14.3. The van der Waals surface area contributed by atoms with Gasteiger partial charge in [0.1, 0.15) is 12.2 Å². The number of urea groups is 1. The minimum Gasteiger partial charge on any atom is -0.388 e. The van der Waals surface area contributed by atoms with Crippen molar-refractivity contribution in [2.75, 3.05) is 12.5 Å². The first-order chi connectivity index (χ1) is 20.5. The predicted octanol–water partition coefficient (Wildman–Crippen LogP) is 6.51. The first-order valence-corrected chi connectivity index (χ1v) is 16.7. The zero-order chi connectivity index (χ0) is 29.5. The Kier molecular flexibility index (Phi) is 10.3. The summed E-state index contributed by atoms with van der Waals surface area (Å²) in [5.41, 5.74) is 3.97. The maximum absolute atomic E-state index is 14.7. The van der Waals surface area contributed by atoms with E-state index in [2.05, 4.69) is 24.3 Å². The van der Waals surface area contributed by atoms with Crippen LogP contribution in [0.4, 0.5) is 4.79 Å². The van der Waals surface area contributed by atoms with Crippen molar-refractivity contribution >= 4 is 29.6 Å². The summed E-state index contributed by atoms with van der Waals surface area (Å²) in [6, 6.07) is 34.8. The number of amides is 2. The van der Waals surface area contributed by atoms with Gasteiger partial charge < -0.3 is 20.0 Å². The Morgan fingerprint density at radius 3 is 1.24 bits per heavy atom. The SMILES string of the molecule is CSc1ccc(C[C@@H]2[C@H](O)[C@@H](O)[C@@H](Cc3ccc(SC)cc3)N(Cc3ccccc3)C(=O)N2Cc2ccccc2)cc1. The van der Waals surface area contributed by atoms with Gasteiger partial charge in [-0.05, 0) is 71.9 Å². The van der Waals surface area contributed by atoms with E-state index in [-0.39, 0.29) is 6.03 Å². The third kappa shape index (κ3) is 7.21. The topological polar surface area (TPSA) is 64.0 Å². The van der Waals surface area contributed by atoms with E-state index in [1.165, 1.54) is 0 Å². The van der Waals surface area contributed by atoms with Crippen LogP contribution in [-0.4, -0.2) is 62.8 Å². The molecule has 0 spiro atoms. The molecule has 4 atom stereocenters. The van der Waals surface area contributed by atoms with E-state index >= 15 is 0 Å². The number of hydrogen-bond donors (Lipinski definition) is 2. The van der Waals surface area contributed by atoms with E-state index in [1.807, 2.05) is 97.4 Å². The lowest BCUT2D eigenvalue weighted by Gasteiger charge is -2.36. The molecule has 1 saturated heterocycles. The van der Waals surface area contributed by atoms with E-state index in [9.17, 15) is 15.0 Å². The predicted molar refractivity (Wildman–Crippen MR) is 173 cm³/mol. The fraction of sp³-hybridized carbons (Fsp3) is 0.286. The van der Waals surface area contributed by atoms with Crippen molar-refractivity contribution in [1.82, 2.24) is 9.80 Å². The van der Waals surface area contributed by atoms with E-state index < -0.39 is 24.3 Å². The number of benzene rings is 4. The Balaban J connectivity index is 1.56. The summed E-state index contributed by atoms with van der Waals surface area (Å²) in [7, 11) is 0. The average Bonchev–Trinajstić information content (AvgIpc) is 3.10. The minimum atomic E-state index is -1.14. The molecule has 2 N–H and O–H groups in total. The van der Waals surface area contributed by atoms with E-state index in [1.54, 1.807) is 33.3 Å². The fourth-order valence-electron chi connectivity index (χ4n) is 5.67. The largest absolute Gasteiger partial charge is 0.388 e. The Hall–Kier alpha value is -3.23. The number of rotatable bonds is 10. The van der Waals surface area contributed by atoms with Crippen molar-refractivity contribution in [3.8, 4) is 0 Å². The number of aliphatic hydroxyl groups excluding tert-OH is 2. The molecule has 42 heavy (non-hydrogen) atoms. The van der Waals surface area contributed by atoms with Crippen LogP contribution in [0.5, 0.6) is 0 Å². The van der Waals surface area contributed by atoms with Crippen LogP contribution >= 0.6 is 23.5 Å². The van der Waals surface area contributed by atoms with Crippen LogP contribution in [0.3, 0.4) is 0 Å². The number of thioether (sulfide) groups is 2. The molecular formula is C35H38N2O3S2. The van der Waals surface area contributed by atoms with Gasteiger partial charge in [0.2, 0.25) is 0 Å². The van der Waals surface area contributed by atoms with Crippen LogP contribution in [-0.2, 0) is 25.9 Å². The molecule has 5 nitrogen and oxygen atoms in total. The Bertz CT molecular complexity index is 1310. The fourth-order valence-corrected chi connectivity index (χ4v) is 6.49. The number of aliphatic hydroxyl groups is 2. The third-order valence-electron chi connectivity index (χ3n) is 8.03. The highest BCUT2D eigenvalue weighted by molar-refractivity contribution is 7.98. The minimum absolute atomic E-state index is 0.185. The summed E-state index contributed by atoms with van der Waals surface area (Å²) in [6.07, 6.45) is 2.65. The second-order valence-electron chi connectivity index (χ2n) is 10.7. The van der Waals surface area contributed by atoms with Crippen molar-refractivity contribution in [1.29, 1.82) is 0 Å². The summed E-state index contributed by atoms with van der Waals surface area (Å²) in [5, 5.41) is 23.8. The van der Waals surface area contributed by atoms with E-state index in [0.717, 1.165) is 32.0 Å². The molecule has 218 valence electrons. The molecule has 2 amide bonds. The Labute approximate surface area is 257 Å². The number of carbonyl (C=O) groups is 1. The highest BCUT2D eigenvalue weighted by Crippen LogP contribution is 2.30. The summed E-state index contributed by atoms with van der Waals surface area (Å²) in [5.74, 6) is 0. The van der Waals surface area contributed by atoms with Crippen molar-refractivity contribution < 1.29 is 15.0 Å². The molecule has 1 aliphatic rings. The molecule has 1 aliphatic heterocycles. The van der Waals surface area contributed by atoms with Gasteiger partial charge >= 0.3 is 6.03 Å². The van der Waals surface area contributed by atoms with Crippen LogP contribution in [0.2, 0.25) is 0 Å². The van der Waals surface area contributed by atoms with Crippen LogP contribution in [0.15, 0.2) is 119 Å². The van der Waals surface area contributed by atoms with E-state index in [0.29, 0.717) is 25.9 Å². The highest BCUT2D eigenvalue weighted by atomic mass is 32.2. The van der Waals surface area contributed by atoms with E-state index in [4.69, 9.17) is 0 Å². The van der Waals surface area contributed by atoms with Gasteiger partial charge in [0, 0.05) is 22.9 Å². The lowest BCUT2D eigenvalue weighted by molar-refractivity contribution is -0.0408.